The zero-order valence-corrected chi connectivity index (χ0v) is 11.9. The first-order valence-electron chi connectivity index (χ1n) is 7.23. The van der Waals surface area contributed by atoms with Crippen LogP contribution in [0.2, 0.25) is 0 Å². The van der Waals surface area contributed by atoms with Crippen molar-refractivity contribution in [1.29, 1.82) is 0 Å². The molecule has 3 rings (SSSR count). The summed E-state index contributed by atoms with van der Waals surface area (Å²) in [5.41, 5.74) is 0. The summed E-state index contributed by atoms with van der Waals surface area (Å²) in [4.78, 5) is 14.9. The molecule has 1 saturated carbocycles. The summed E-state index contributed by atoms with van der Waals surface area (Å²) in [5, 5.41) is 11.1. The molecule has 2 aliphatic rings. The highest BCUT2D eigenvalue weighted by Gasteiger charge is 2.38. The number of rotatable bonds is 5. The molecule has 19 heavy (non-hydrogen) atoms. The molecule has 0 amide bonds. The zero-order chi connectivity index (χ0) is 13.2. The van der Waals surface area contributed by atoms with E-state index in [2.05, 4.69) is 22.4 Å². The third-order valence-electron chi connectivity index (χ3n) is 4.31. The second-order valence-corrected chi connectivity index (χ2v) is 6.88. The number of carbonyl (C=O) groups is 1. The predicted molar refractivity (Wildman–Crippen MR) is 76.3 cm³/mol. The average molecular weight is 279 g/mol. The normalized spacial score (nSPS) is 26.2. The fourth-order valence-corrected chi connectivity index (χ4v) is 4.30. The molecule has 1 aromatic heterocycles. The molecule has 1 aliphatic carbocycles. The quantitative estimate of drug-likeness (QED) is 0.898. The van der Waals surface area contributed by atoms with Crippen LogP contribution in [0, 0.1) is 11.8 Å². The van der Waals surface area contributed by atoms with E-state index in [1.54, 1.807) is 0 Å². The highest BCUT2D eigenvalue weighted by molar-refractivity contribution is 7.10. The standard InChI is InChI=1S/C15H21NO2S/c17-14(18)9-11-3-1-7-16(10-11)15(12-5-6-12)13-4-2-8-19-13/h2,4,8,11-12,15H,1,3,5-7,9-10H2,(H,17,18). The Morgan fingerprint density at radius 3 is 2.95 bits per heavy atom. The fraction of sp³-hybridized carbons (Fsp3) is 0.667. The van der Waals surface area contributed by atoms with Crippen LogP contribution in [-0.2, 0) is 4.79 Å². The van der Waals surface area contributed by atoms with Gasteiger partial charge < -0.3 is 5.11 Å². The molecule has 1 aliphatic heterocycles. The van der Waals surface area contributed by atoms with Crippen LogP contribution in [0.15, 0.2) is 17.5 Å². The summed E-state index contributed by atoms with van der Waals surface area (Å²) in [7, 11) is 0. The van der Waals surface area contributed by atoms with Crippen molar-refractivity contribution in [2.45, 2.75) is 38.1 Å². The van der Waals surface area contributed by atoms with Gasteiger partial charge in [0, 0.05) is 23.9 Å². The van der Waals surface area contributed by atoms with Crippen LogP contribution >= 0.6 is 11.3 Å². The molecular formula is C15H21NO2S. The largest absolute Gasteiger partial charge is 0.481 e. The first kappa shape index (κ1) is 13.1. The lowest BCUT2D eigenvalue weighted by molar-refractivity contribution is -0.138. The molecule has 1 saturated heterocycles. The minimum absolute atomic E-state index is 0.332. The Bertz CT molecular complexity index is 427. The molecule has 1 aromatic rings. The fourth-order valence-electron chi connectivity index (χ4n) is 3.35. The van der Waals surface area contributed by atoms with Gasteiger partial charge in [0.25, 0.3) is 0 Å². The van der Waals surface area contributed by atoms with Crippen LogP contribution in [0.1, 0.15) is 43.0 Å². The highest BCUT2D eigenvalue weighted by Crippen LogP contribution is 2.47. The zero-order valence-electron chi connectivity index (χ0n) is 11.1. The van der Waals surface area contributed by atoms with Crippen LogP contribution in [0.25, 0.3) is 0 Å². The maximum atomic E-state index is 10.9. The van der Waals surface area contributed by atoms with Crippen molar-refractivity contribution < 1.29 is 9.90 Å². The Kier molecular flexibility index (Phi) is 3.89. The van der Waals surface area contributed by atoms with E-state index in [0.717, 1.165) is 31.8 Å². The summed E-state index contributed by atoms with van der Waals surface area (Å²) in [5.74, 6) is 0.501. The summed E-state index contributed by atoms with van der Waals surface area (Å²) >= 11 is 1.85. The van der Waals surface area contributed by atoms with Crippen molar-refractivity contribution in [2.75, 3.05) is 13.1 Å². The Hall–Kier alpha value is -0.870. The van der Waals surface area contributed by atoms with Crippen LogP contribution in [0.4, 0.5) is 0 Å². The van der Waals surface area contributed by atoms with Gasteiger partial charge in [0.05, 0.1) is 0 Å². The number of aliphatic carboxylic acids is 1. The van der Waals surface area contributed by atoms with Gasteiger partial charge in [-0.15, -0.1) is 11.3 Å². The Morgan fingerprint density at radius 2 is 2.32 bits per heavy atom. The van der Waals surface area contributed by atoms with Gasteiger partial charge in [-0.25, -0.2) is 0 Å². The van der Waals surface area contributed by atoms with E-state index in [0.29, 0.717) is 18.4 Å². The average Bonchev–Trinajstić information content (AvgIpc) is 3.04. The smallest absolute Gasteiger partial charge is 0.303 e. The van der Waals surface area contributed by atoms with Crippen molar-refractivity contribution in [3.05, 3.63) is 22.4 Å². The van der Waals surface area contributed by atoms with Crippen LogP contribution in [-0.4, -0.2) is 29.1 Å². The van der Waals surface area contributed by atoms with E-state index in [-0.39, 0.29) is 0 Å². The van der Waals surface area contributed by atoms with Gasteiger partial charge >= 0.3 is 5.97 Å². The van der Waals surface area contributed by atoms with E-state index >= 15 is 0 Å². The predicted octanol–water partition coefficient (Wildman–Crippen LogP) is 3.39. The summed E-state index contributed by atoms with van der Waals surface area (Å²) in [6, 6.07) is 4.93. The Labute approximate surface area is 118 Å². The number of likely N-dealkylation sites (tertiary alicyclic amines) is 1. The summed E-state index contributed by atoms with van der Waals surface area (Å²) in [6.45, 7) is 2.10. The van der Waals surface area contributed by atoms with Crippen LogP contribution < -0.4 is 0 Å². The summed E-state index contributed by atoms with van der Waals surface area (Å²) < 4.78 is 0. The third-order valence-corrected chi connectivity index (χ3v) is 5.25. The van der Waals surface area contributed by atoms with Gasteiger partial charge in [-0.05, 0) is 55.5 Å². The molecule has 0 aromatic carbocycles. The first-order valence-corrected chi connectivity index (χ1v) is 8.11. The number of carboxylic acid groups (broad SMARTS) is 1. The second kappa shape index (κ2) is 5.63. The molecule has 104 valence electrons. The monoisotopic (exact) mass is 279 g/mol. The van der Waals surface area contributed by atoms with E-state index in [4.69, 9.17) is 5.11 Å². The van der Waals surface area contributed by atoms with Crippen molar-refractivity contribution >= 4 is 17.3 Å². The number of thiophene rings is 1. The molecule has 0 spiro atoms. The number of hydrogen-bond donors (Lipinski definition) is 1. The number of nitrogens with zero attached hydrogens (tertiary/aromatic N) is 1. The Balaban J connectivity index is 1.70. The first-order chi connectivity index (χ1) is 9.24. The van der Waals surface area contributed by atoms with E-state index < -0.39 is 5.97 Å². The number of hydrogen-bond acceptors (Lipinski definition) is 3. The lowest BCUT2D eigenvalue weighted by Gasteiger charge is -2.38. The minimum Gasteiger partial charge on any atom is -0.481 e. The maximum Gasteiger partial charge on any atom is 0.303 e. The molecule has 0 bridgehead atoms. The van der Waals surface area contributed by atoms with Crippen molar-refractivity contribution in [2.24, 2.45) is 11.8 Å². The molecule has 2 unspecified atom stereocenters. The lowest BCUT2D eigenvalue weighted by atomic mass is 9.92. The third kappa shape index (κ3) is 3.18. The molecule has 2 heterocycles. The second-order valence-electron chi connectivity index (χ2n) is 5.90. The van der Waals surface area contributed by atoms with E-state index in [1.165, 1.54) is 17.7 Å². The van der Waals surface area contributed by atoms with Crippen molar-refractivity contribution in [3.8, 4) is 0 Å². The van der Waals surface area contributed by atoms with Gasteiger partial charge in [-0.1, -0.05) is 6.07 Å². The van der Waals surface area contributed by atoms with E-state index in [9.17, 15) is 4.79 Å². The van der Waals surface area contributed by atoms with Crippen LogP contribution in [0.5, 0.6) is 0 Å². The lowest BCUT2D eigenvalue weighted by Crippen LogP contribution is -2.39. The van der Waals surface area contributed by atoms with Crippen molar-refractivity contribution in [1.82, 2.24) is 4.90 Å². The minimum atomic E-state index is -0.647. The van der Waals surface area contributed by atoms with Crippen LogP contribution in [0.3, 0.4) is 0 Å². The van der Waals surface area contributed by atoms with Gasteiger partial charge in [0.15, 0.2) is 0 Å². The van der Waals surface area contributed by atoms with E-state index in [1.807, 2.05) is 11.3 Å². The number of piperidine rings is 1. The maximum absolute atomic E-state index is 10.9. The summed E-state index contributed by atoms with van der Waals surface area (Å²) in [6.07, 6.45) is 5.22. The van der Waals surface area contributed by atoms with Gasteiger partial charge in [-0.3, -0.25) is 9.69 Å². The van der Waals surface area contributed by atoms with Gasteiger partial charge in [0.2, 0.25) is 0 Å². The molecule has 0 radical (unpaired) electrons. The molecule has 2 atom stereocenters. The molecule has 1 N–H and O–H groups in total. The number of carboxylic acids is 1. The topological polar surface area (TPSA) is 40.5 Å². The molecule has 3 nitrogen and oxygen atoms in total. The van der Waals surface area contributed by atoms with Gasteiger partial charge in [0.1, 0.15) is 0 Å². The SMILES string of the molecule is O=C(O)CC1CCCN(C(c2cccs2)C2CC2)C1. The Morgan fingerprint density at radius 1 is 1.47 bits per heavy atom. The molecule has 4 heteroatoms. The molecule has 2 fully saturated rings. The highest BCUT2D eigenvalue weighted by atomic mass is 32.1. The van der Waals surface area contributed by atoms with Crippen molar-refractivity contribution in [3.63, 3.8) is 0 Å². The van der Waals surface area contributed by atoms with Gasteiger partial charge in [-0.2, -0.15) is 0 Å². The molecular weight excluding hydrogens is 258 g/mol.